The summed E-state index contributed by atoms with van der Waals surface area (Å²) >= 11 is 7.84. The fourth-order valence-corrected chi connectivity index (χ4v) is 1.34. The molecule has 0 spiro atoms. The summed E-state index contributed by atoms with van der Waals surface area (Å²) < 4.78 is 1.38. The smallest absolute Gasteiger partial charge is 0.322 e. The van der Waals surface area contributed by atoms with E-state index in [1.807, 2.05) is 0 Å². The SMILES string of the molecule is C=CCN(S)[C@H](CS)C(=O)O. The summed E-state index contributed by atoms with van der Waals surface area (Å²) in [5.74, 6) is -0.677. The topological polar surface area (TPSA) is 40.5 Å². The Balaban J connectivity index is 4.01. The van der Waals surface area contributed by atoms with Gasteiger partial charge in [0.25, 0.3) is 0 Å². The van der Waals surface area contributed by atoms with Crippen LogP contribution in [0.4, 0.5) is 0 Å². The van der Waals surface area contributed by atoms with E-state index in [9.17, 15) is 4.79 Å². The molecular weight excluding hydrogens is 182 g/mol. The monoisotopic (exact) mass is 193 g/mol. The van der Waals surface area contributed by atoms with E-state index in [0.717, 1.165) is 0 Å². The largest absolute Gasteiger partial charge is 0.480 e. The van der Waals surface area contributed by atoms with Crippen LogP contribution in [0.5, 0.6) is 0 Å². The summed E-state index contributed by atoms with van der Waals surface area (Å²) in [5, 5.41) is 8.60. The Labute approximate surface area is 77.0 Å². The van der Waals surface area contributed by atoms with Crippen molar-refractivity contribution in [3.63, 3.8) is 0 Å². The Morgan fingerprint density at radius 1 is 1.82 bits per heavy atom. The van der Waals surface area contributed by atoms with E-state index in [0.29, 0.717) is 6.54 Å². The van der Waals surface area contributed by atoms with Gasteiger partial charge in [0.05, 0.1) is 0 Å². The Hall–Kier alpha value is -0.130. The highest BCUT2D eigenvalue weighted by atomic mass is 32.1. The fraction of sp³-hybridized carbons (Fsp3) is 0.500. The zero-order valence-electron chi connectivity index (χ0n) is 5.97. The third-order valence-corrected chi connectivity index (χ3v) is 1.92. The van der Waals surface area contributed by atoms with Crippen molar-refractivity contribution in [1.82, 2.24) is 4.31 Å². The molecule has 0 unspecified atom stereocenters. The second-order valence-corrected chi connectivity index (χ2v) is 2.83. The Morgan fingerprint density at radius 2 is 2.36 bits per heavy atom. The van der Waals surface area contributed by atoms with Crippen LogP contribution >= 0.6 is 25.4 Å². The van der Waals surface area contributed by atoms with Crippen molar-refractivity contribution in [3.8, 4) is 0 Å². The van der Waals surface area contributed by atoms with Crippen LogP contribution < -0.4 is 0 Å². The maximum atomic E-state index is 10.5. The molecule has 0 heterocycles. The summed E-state index contributed by atoms with van der Waals surface area (Å²) in [5.41, 5.74) is 0. The van der Waals surface area contributed by atoms with Crippen molar-refractivity contribution in [3.05, 3.63) is 12.7 Å². The van der Waals surface area contributed by atoms with Crippen LogP contribution in [0, 0.1) is 0 Å². The number of thiol groups is 2. The standard InChI is InChI=1S/C6H11NO2S2/c1-2-3-7(11)5(4-10)6(8)9/h2,5,10-11H,1,3-4H2,(H,8,9)/t5-/m1/s1. The van der Waals surface area contributed by atoms with E-state index in [1.165, 1.54) is 4.31 Å². The van der Waals surface area contributed by atoms with Crippen LogP contribution in [0.15, 0.2) is 12.7 Å². The molecule has 0 aromatic heterocycles. The third kappa shape index (κ3) is 3.69. The summed E-state index contributed by atoms with van der Waals surface area (Å²) in [7, 11) is 0. The van der Waals surface area contributed by atoms with Gasteiger partial charge in [0, 0.05) is 12.3 Å². The number of hydrogen-bond donors (Lipinski definition) is 3. The summed E-state index contributed by atoms with van der Waals surface area (Å²) in [6.45, 7) is 3.90. The van der Waals surface area contributed by atoms with Gasteiger partial charge in [-0.05, 0) is 0 Å². The molecule has 0 aliphatic rings. The van der Waals surface area contributed by atoms with Crippen LogP contribution in [0.25, 0.3) is 0 Å². The quantitative estimate of drug-likeness (QED) is 0.445. The van der Waals surface area contributed by atoms with Crippen molar-refractivity contribution in [2.24, 2.45) is 0 Å². The molecule has 0 aliphatic heterocycles. The highest BCUT2D eigenvalue weighted by Crippen LogP contribution is 2.04. The molecule has 0 aromatic carbocycles. The molecule has 5 heteroatoms. The summed E-state index contributed by atoms with van der Waals surface area (Å²) in [4.78, 5) is 10.5. The lowest BCUT2D eigenvalue weighted by molar-refractivity contribution is -0.140. The maximum Gasteiger partial charge on any atom is 0.322 e. The van der Waals surface area contributed by atoms with Gasteiger partial charge < -0.3 is 5.11 Å². The van der Waals surface area contributed by atoms with Crippen LogP contribution in [-0.4, -0.2) is 33.7 Å². The minimum absolute atomic E-state index is 0.243. The second-order valence-electron chi connectivity index (χ2n) is 1.95. The molecule has 0 rings (SSSR count). The van der Waals surface area contributed by atoms with Gasteiger partial charge in [-0.2, -0.15) is 12.6 Å². The van der Waals surface area contributed by atoms with Gasteiger partial charge in [0.15, 0.2) is 0 Å². The lowest BCUT2D eigenvalue weighted by atomic mass is 10.3. The minimum atomic E-state index is -0.920. The van der Waals surface area contributed by atoms with Crippen molar-refractivity contribution >= 4 is 31.4 Å². The van der Waals surface area contributed by atoms with Crippen LogP contribution in [0.3, 0.4) is 0 Å². The normalized spacial score (nSPS) is 13.0. The van der Waals surface area contributed by atoms with Gasteiger partial charge in [0.1, 0.15) is 6.04 Å². The first-order chi connectivity index (χ1) is 5.13. The molecule has 0 aliphatic carbocycles. The number of hydrogen-bond acceptors (Lipinski definition) is 4. The predicted molar refractivity (Wildman–Crippen MR) is 51.2 cm³/mol. The Bertz CT molecular complexity index is 152. The van der Waals surface area contributed by atoms with Gasteiger partial charge in [-0.15, -0.1) is 6.58 Å². The molecule has 0 fully saturated rings. The summed E-state index contributed by atoms with van der Waals surface area (Å²) in [6.07, 6.45) is 1.59. The number of rotatable bonds is 5. The van der Waals surface area contributed by atoms with E-state index in [4.69, 9.17) is 5.11 Å². The predicted octanol–water partition coefficient (Wildman–Crippen LogP) is 0.702. The lowest BCUT2D eigenvalue weighted by Crippen LogP contribution is -2.36. The van der Waals surface area contributed by atoms with Crippen LogP contribution in [-0.2, 0) is 4.79 Å². The molecule has 0 bridgehead atoms. The third-order valence-electron chi connectivity index (χ3n) is 1.13. The average Bonchev–Trinajstić information content (AvgIpc) is 1.88. The number of carboxylic acid groups (broad SMARTS) is 1. The maximum absolute atomic E-state index is 10.5. The van der Waals surface area contributed by atoms with E-state index in [1.54, 1.807) is 6.08 Å². The average molecular weight is 193 g/mol. The van der Waals surface area contributed by atoms with Crippen molar-refractivity contribution in [2.45, 2.75) is 6.04 Å². The first kappa shape index (κ1) is 10.9. The van der Waals surface area contributed by atoms with E-state index in [-0.39, 0.29) is 5.75 Å². The van der Waals surface area contributed by atoms with Gasteiger partial charge in [-0.3, -0.25) is 4.79 Å². The first-order valence-corrected chi connectivity index (χ1v) is 4.06. The highest BCUT2D eigenvalue weighted by molar-refractivity contribution is 7.80. The van der Waals surface area contributed by atoms with Gasteiger partial charge in [-0.1, -0.05) is 18.9 Å². The molecular formula is C6H11NO2S2. The number of nitrogens with zero attached hydrogens (tertiary/aromatic N) is 1. The number of carbonyl (C=O) groups is 1. The lowest BCUT2D eigenvalue weighted by Gasteiger charge is -2.19. The fourth-order valence-electron chi connectivity index (χ4n) is 0.559. The zero-order chi connectivity index (χ0) is 8.85. The molecule has 64 valence electrons. The molecule has 1 N–H and O–H groups in total. The van der Waals surface area contributed by atoms with Crippen LogP contribution in [0.1, 0.15) is 0 Å². The molecule has 0 saturated heterocycles. The van der Waals surface area contributed by atoms with Crippen molar-refractivity contribution in [2.75, 3.05) is 12.3 Å². The van der Waals surface area contributed by atoms with Crippen LogP contribution in [0.2, 0.25) is 0 Å². The molecule has 1 atom stereocenters. The van der Waals surface area contributed by atoms with Gasteiger partial charge >= 0.3 is 5.97 Å². The van der Waals surface area contributed by atoms with Gasteiger partial charge in [-0.25, -0.2) is 4.31 Å². The van der Waals surface area contributed by atoms with E-state index >= 15 is 0 Å². The minimum Gasteiger partial charge on any atom is -0.480 e. The molecule has 0 amide bonds. The Morgan fingerprint density at radius 3 is 2.64 bits per heavy atom. The Kier molecular flexibility index (Phi) is 5.45. The molecule has 0 aromatic rings. The zero-order valence-corrected chi connectivity index (χ0v) is 7.76. The highest BCUT2D eigenvalue weighted by Gasteiger charge is 2.20. The molecule has 11 heavy (non-hydrogen) atoms. The van der Waals surface area contributed by atoms with Crippen molar-refractivity contribution < 1.29 is 9.90 Å². The molecule has 3 nitrogen and oxygen atoms in total. The molecule has 0 saturated carbocycles. The summed E-state index contributed by atoms with van der Waals surface area (Å²) in [6, 6.07) is -0.653. The van der Waals surface area contributed by atoms with Gasteiger partial charge in [0.2, 0.25) is 0 Å². The number of aliphatic carboxylic acids is 1. The second kappa shape index (κ2) is 5.51. The van der Waals surface area contributed by atoms with E-state index < -0.39 is 12.0 Å². The van der Waals surface area contributed by atoms with E-state index in [2.05, 4.69) is 32.0 Å². The van der Waals surface area contributed by atoms with Crippen molar-refractivity contribution in [1.29, 1.82) is 0 Å². The molecule has 0 radical (unpaired) electrons. The first-order valence-electron chi connectivity index (χ1n) is 3.03. The number of carboxylic acids is 1.